The van der Waals surface area contributed by atoms with Crippen LogP contribution in [-0.4, -0.2) is 0 Å². The van der Waals surface area contributed by atoms with Crippen LogP contribution in [0.25, 0.3) is 143 Å². The average Bonchev–Trinajstić information content (AvgIpc) is 2.99. The van der Waals surface area contributed by atoms with Crippen LogP contribution < -0.4 is 0 Å². The van der Waals surface area contributed by atoms with Crippen LogP contribution in [0.15, 0.2) is 218 Å². The van der Waals surface area contributed by atoms with E-state index in [-0.39, 0.29) is 21.7 Å². The van der Waals surface area contributed by atoms with Crippen molar-refractivity contribution in [2.24, 2.45) is 0 Å². The molecule has 0 saturated heterocycles. The minimum atomic E-state index is -0.161. The Morgan fingerprint density at radius 1 is 0.220 bits per heavy atom. The van der Waals surface area contributed by atoms with Crippen LogP contribution in [0, 0.1) is 0 Å². The molecule has 0 amide bonds. The minimum Gasteiger partial charge on any atom is -0.0561 e. The summed E-state index contributed by atoms with van der Waals surface area (Å²) in [7, 11) is 0. The smallest absolute Gasteiger partial charge is 0.0159 e. The van der Waals surface area contributed by atoms with Crippen LogP contribution in [0.1, 0.15) is 103 Å². The van der Waals surface area contributed by atoms with Crippen LogP contribution in [0.3, 0.4) is 0 Å². The number of benzene rings is 14. The van der Waals surface area contributed by atoms with Gasteiger partial charge in [0.2, 0.25) is 0 Å². The molecule has 0 aliphatic heterocycles. The molecule has 0 saturated carbocycles. The summed E-state index contributed by atoms with van der Waals surface area (Å²) >= 11 is 0. The molecule has 2 aliphatic rings. The standard InChI is InChI=1S/C82H66/c1-79(2,3)61-39-57-21-19-51-23-31-63(69-37-29-59(41-61)75(57)77(51)69)49-15-11-47(12-16-49)53-25-33-65-67-35-27-55(45-73(67)81(7,8)71(65)43-53)56-28-36-68-66-34-26-54(44-72(66)82(9,10)74(68)46-56)48-13-17-50(18-14-48)64-32-24-52-20-22-58-40-62(80(4,5)6)42-60-30-38-70(64)78(52)76(58)60/h11-46H,1-10H3. The molecule has 394 valence electrons. The molecule has 0 N–H and O–H groups in total. The highest BCUT2D eigenvalue weighted by molar-refractivity contribution is 6.27. The Kier molecular flexibility index (Phi) is 10.1. The normalized spacial score (nSPS) is 14.4. The second kappa shape index (κ2) is 16.9. The van der Waals surface area contributed by atoms with Crippen LogP contribution in [-0.2, 0) is 21.7 Å². The van der Waals surface area contributed by atoms with Gasteiger partial charge in [-0.15, -0.1) is 0 Å². The second-order valence-corrected chi connectivity index (χ2v) is 27.3. The van der Waals surface area contributed by atoms with Gasteiger partial charge in [0, 0.05) is 10.8 Å². The van der Waals surface area contributed by atoms with Gasteiger partial charge in [-0.05, 0) is 211 Å². The third kappa shape index (κ3) is 7.16. The van der Waals surface area contributed by atoms with Gasteiger partial charge in [-0.2, -0.15) is 0 Å². The van der Waals surface area contributed by atoms with Crippen molar-refractivity contribution < 1.29 is 0 Å². The van der Waals surface area contributed by atoms with E-state index >= 15 is 0 Å². The molecule has 16 rings (SSSR count). The predicted molar refractivity (Wildman–Crippen MR) is 354 cm³/mol. The fourth-order valence-corrected chi connectivity index (χ4v) is 14.9. The molecule has 14 aromatic rings. The van der Waals surface area contributed by atoms with E-state index in [4.69, 9.17) is 0 Å². The lowest BCUT2D eigenvalue weighted by Gasteiger charge is -2.24. The number of hydrogen-bond donors (Lipinski definition) is 0. The maximum atomic E-state index is 2.48. The van der Waals surface area contributed by atoms with E-state index in [9.17, 15) is 0 Å². The Hall–Kier alpha value is -8.84. The molecule has 0 aromatic heterocycles. The van der Waals surface area contributed by atoms with Crippen molar-refractivity contribution in [1.82, 2.24) is 0 Å². The van der Waals surface area contributed by atoms with E-state index in [0.717, 1.165) is 0 Å². The Balaban J connectivity index is 0.663. The zero-order chi connectivity index (χ0) is 55.9. The molecule has 2 aliphatic carbocycles. The lowest BCUT2D eigenvalue weighted by molar-refractivity contribution is 0.591. The second-order valence-electron chi connectivity index (χ2n) is 27.3. The zero-order valence-corrected chi connectivity index (χ0v) is 48.8. The van der Waals surface area contributed by atoms with Crippen molar-refractivity contribution in [3.63, 3.8) is 0 Å². The molecule has 0 nitrogen and oxygen atoms in total. The summed E-state index contributed by atoms with van der Waals surface area (Å²) in [5, 5.41) is 16.0. The molecule has 0 atom stereocenters. The molecule has 82 heavy (non-hydrogen) atoms. The van der Waals surface area contributed by atoms with Gasteiger partial charge in [0.15, 0.2) is 0 Å². The lowest BCUT2D eigenvalue weighted by atomic mass is 9.79. The summed E-state index contributed by atoms with van der Waals surface area (Å²) in [6, 6.07) is 84.7. The zero-order valence-electron chi connectivity index (χ0n) is 48.8. The molecule has 0 unspecified atom stereocenters. The summed E-state index contributed by atoms with van der Waals surface area (Å²) < 4.78 is 0. The van der Waals surface area contributed by atoms with Crippen LogP contribution in [0.4, 0.5) is 0 Å². The third-order valence-electron chi connectivity index (χ3n) is 19.7. The summed E-state index contributed by atoms with van der Waals surface area (Å²) in [5.74, 6) is 0. The highest BCUT2D eigenvalue weighted by atomic mass is 14.4. The van der Waals surface area contributed by atoms with E-state index in [0.29, 0.717) is 0 Å². The van der Waals surface area contributed by atoms with Crippen molar-refractivity contribution in [2.75, 3.05) is 0 Å². The number of fused-ring (bicyclic) bond motifs is 6. The van der Waals surface area contributed by atoms with Gasteiger partial charge in [0.1, 0.15) is 0 Å². The van der Waals surface area contributed by atoms with Crippen molar-refractivity contribution in [3.8, 4) is 77.9 Å². The van der Waals surface area contributed by atoms with Gasteiger partial charge in [0.05, 0.1) is 0 Å². The number of hydrogen-bond acceptors (Lipinski definition) is 0. The highest BCUT2D eigenvalue weighted by Crippen LogP contribution is 2.54. The van der Waals surface area contributed by atoms with Crippen LogP contribution >= 0.6 is 0 Å². The topological polar surface area (TPSA) is 0 Å². The predicted octanol–water partition coefficient (Wildman–Crippen LogP) is 23.0. The van der Waals surface area contributed by atoms with E-state index < -0.39 is 0 Å². The fourth-order valence-electron chi connectivity index (χ4n) is 14.9. The van der Waals surface area contributed by atoms with Gasteiger partial charge in [-0.25, -0.2) is 0 Å². The Morgan fingerprint density at radius 2 is 0.463 bits per heavy atom. The maximum Gasteiger partial charge on any atom is 0.0159 e. The molecule has 0 spiro atoms. The van der Waals surface area contributed by atoms with Gasteiger partial charge < -0.3 is 0 Å². The molecule has 14 aromatic carbocycles. The molecule has 0 heteroatoms. The van der Waals surface area contributed by atoms with E-state index in [1.54, 1.807) is 0 Å². The van der Waals surface area contributed by atoms with Crippen molar-refractivity contribution >= 4 is 64.6 Å². The molecular formula is C82H66. The molecule has 0 radical (unpaired) electrons. The van der Waals surface area contributed by atoms with Gasteiger partial charge in [-0.3, -0.25) is 0 Å². The fraction of sp³-hybridized carbons (Fsp3) is 0.171. The quantitative estimate of drug-likeness (QED) is 0.151. The van der Waals surface area contributed by atoms with Crippen molar-refractivity contribution in [3.05, 3.63) is 252 Å². The van der Waals surface area contributed by atoms with Gasteiger partial charge in [0.25, 0.3) is 0 Å². The van der Waals surface area contributed by atoms with Crippen LogP contribution in [0.2, 0.25) is 0 Å². The first kappa shape index (κ1) is 49.0. The van der Waals surface area contributed by atoms with Crippen molar-refractivity contribution in [1.29, 1.82) is 0 Å². The molecule has 0 heterocycles. The van der Waals surface area contributed by atoms with Crippen LogP contribution in [0.5, 0.6) is 0 Å². The van der Waals surface area contributed by atoms with E-state index in [2.05, 4.69) is 288 Å². The Morgan fingerprint density at radius 3 is 0.780 bits per heavy atom. The highest BCUT2D eigenvalue weighted by Gasteiger charge is 2.38. The van der Waals surface area contributed by atoms with Crippen molar-refractivity contribution in [2.45, 2.75) is 90.9 Å². The van der Waals surface area contributed by atoms with Gasteiger partial charge in [-0.1, -0.05) is 263 Å². The average molecular weight is 1050 g/mol. The molecule has 0 fully saturated rings. The first-order chi connectivity index (χ1) is 39.4. The number of rotatable bonds is 5. The maximum absolute atomic E-state index is 2.48. The largest absolute Gasteiger partial charge is 0.0561 e. The first-order valence-electron chi connectivity index (χ1n) is 29.6. The van der Waals surface area contributed by atoms with E-state index in [1.165, 1.54) is 176 Å². The molecular weight excluding hydrogens is 985 g/mol. The third-order valence-corrected chi connectivity index (χ3v) is 19.7. The summed E-state index contributed by atoms with van der Waals surface area (Å²) in [6.07, 6.45) is 0. The summed E-state index contributed by atoms with van der Waals surface area (Å²) in [4.78, 5) is 0. The minimum absolute atomic E-state index is 0.0918. The Bertz CT molecular complexity index is 4650. The lowest BCUT2D eigenvalue weighted by Crippen LogP contribution is -2.15. The van der Waals surface area contributed by atoms with E-state index in [1.807, 2.05) is 0 Å². The SMILES string of the molecule is CC(C)(C)c1cc2ccc3ccc(-c4ccc(-c5ccc6c(c5)C(C)(C)c5cc(-c7ccc8c(c7)C(C)(C)c7cc(-c9ccc(-c%10ccc%11ccc%12cc(C(C)(C)C)cc%13ccc%10c%11c%12%13)cc9)ccc7-8)ccc5-6)cc4)c4ccc(c1)c2c34. The van der Waals surface area contributed by atoms with Gasteiger partial charge >= 0.3 is 0 Å². The first-order valence-corrected chi connectivity index (χ1v) is 29.6. The molecule has 0 bridgehead atoms. The monoisotopic (exact) mass is 1050 g/mol. The Labute approximate surface area is 482 Å². The summed E-state index contributed by atoms with van der Waals surface area (Å²) in [5.41, 5.74) is 26.1. The summed E-state index contributed by atoms with van der Waals surface area (Å²) in [6.45, 7) is 23.5.